The molecule has 21 heavy (non-hydrogen) atoms. The third-order valence-electron chi connectivity index (χ3n) is 3.74. The molecule has 1 unspecified atom stereocenters. The van der Waals surface area contributed by atoms with Gasteiger partial charge in [-0.05, 0) is 35.6 Å². The lowest BCUT2D eigenvalue weighted by Crippen LogP contribution is -2.24. The standard InChI is InChI=1S/C19H23FO/c1-14-10-11-17(20)18(12-14)21-13-16(19(2,3)4)15-8-6-5-7-9-15/h5-12,16H,13H2,1-4H3. The van der Waals surface area contributed by atoms with Crippen LogP contribution in [0.15, 0.2) is 48.5 Å². The highest BCUT2D eigenvalue weighted by Crippen LogP contribution is 2.35. The second-order valence-corrected chi connectivity index (χ2v) is 6.57. The van der Waals surface area contributed by atoms with Crippen LogP contribution in [0.1, 0.15) is 37.8 Å². The fourth-order valence-electron chi connectivity index (χ4n) is 2.43. The van der Waals surface area contributed by atoms with Crippen LogP contribution in [0.5, 0.6) is 5.75 Å². The monoisotopic (exact) mass is 286 g/mol. The number of rotatable bonds is 4. The minimum Gasteiger partial charge on any atom is -0.490 e. The minimum absolute atomic E-state index is 0.0433. The Kier molecular flexibility index (Phi) is 4.66. The molecule has 1 nitrogen and oxygen atoms in total. The van der Waals surface area contributed by atoms with Gasteiger partial charge in [0.1, 0.15) is 0 Å². The Bertz CT molecular complexity index is 584. The molecule has 0 aliphatic rings. The first-order valence-electron chi connectivity index (χ1n) is 7.32. The Balaban J connectivity index is 2.19. The summed E-state index contributed by atoms with van der Waals surface area (Å²) in [5.41, 5.74) is 2.26. The molecule has 0 bridgehead atoms. The van der Waals surface area contributed by atoms with Crippen LogP contribution >= 0.6 is 0 Å². The van der Waals surface area contributed by atoms with E-state index in [1.165, 1.54) is 11.6 Å². The summed E-state index contributed by atoms with van der Waals surface area (Å²) in [5.74, 6) is 0.236. The van der Waals surface area contributed by atoms with Gasteiger partial charge in [-0.2, -0.15) is 0 Å². The van der Waals surface area contributed by atoms with Crippen LogP contribution in [0.2, 0.25) is 0 Å². The summed E-state index contributed by atoms with van der Waals surface area (Å²) in [7, 11) is 0. The van der Waals surface area contributed by atoms with Crippen LogP contribution in [-0.2, 0) is 0 Å². The summed E-state index contributed by atoms with van der Waals surface area (Å²) in [6, 6.07) is 15.2. The van der Waals surface area contributed by atoms with Crippen LogP contribution in [0.4, 0.5) is 4.39 Å². The molecule has 2 rings (SSSR count). The van der Waals surface area contributed by atoms with Gasteiger partial charge in [-0.15, -0.1) is 0 Å². The molecule has 0 spiro atoms. The van der Waals surface area contributed by atoms with Crippen LogP contribution < -0.4 is 4.74 Å². The molecule has 0 aromatic heterocycles. The normalized spacial score (nSPS) is 13.0. The van der Waals surface area contributed by atoms with Crippen molar-refractivity contribution in [1.82, 2.24) is 0 Å². The molecule has 2 aromatic rings. The molecule has 0 amide bonds. The van der Waals surface area contributed by atoms with Crippen molar-refractivity contribution in [3.05, 3.63) is 65.5 Å². The molecular weight excluding hydrogens is 263 g/mol. The fourth-order valence-corrected chi connectivity index (χ4v) is 2.43. The first-order valence-corrected chi connectivity index (χ1v) is 7.32. The minimum atomic E-state index is -0.304. The van der Waals surface area contributed by atoms with E-state index in [9.17, 15) is 4.39 Å². The van der Waals surface area contributed by atoms with Crippen molar-refractivity contribution in [3.63, 3.8) is 0 Å². The lowest BCUT2D eigenvalue weighted by molar-refractivity contribution is 0.197. The maximum atomic E-state index is 13.8. The van der Waals surface area contributed by atoms with Crippen LogP contribution in [0.25, 0.3) is 0 Å². The number of hydrogen-bond acceptors (Lipinski definition) is 1. The third kappa shape index (κ3) is 4.07. The molecular formula is C19H23FO. The summed E-state index contributed by atoms with van der Waals surface area (Å²) in [4.78, 5) is 0. The first kappa shape index (κ1) is 15.6. The Morgan fingerprint density at radius 2 is 1.71 bits per heavy atom. The zero-order valence-corrected chi connectivity index (χ0v) is 13.2. The molecule has 0 radical (unpaired) electrons. The SMILES string of the molecule is Cc1ccc(F)c(OCC(c2ccccc2)C(C)(C)C)c1. The van der Waals surface area contributed by atoms with Crippen molar-refractivity contribution in [2.45, 2.75) is 33.6 Å². The van der Waals surface area contributed by atoms with Crippen molar-refractivity contribution >= 4 is 0 Å². The smallest absolute Gasteiger partial charge is 0.165 e. The van der Waals surface area contributed by atoms with Gasteiger partial charge in [0.15, 0.2) is 11.6 Å². The van der Waals surface area contributed by atoms with E-state index in [0.29, 0.717) is 12.4 Å². The zero-order chi connectivity index (χ0) is 15.5. The molecule has 1 atom stereocenters. The number of ether oxygens (including phenoxy) is 1. The van der Waals surface area contributed by atoms with E-state index in [-0.39, 0.29) is 17.2 Å². The van der Waals surface area contributed by atoms with E-state index >= 15 is 0 Å². The quantitative estimate of drug-likeness (QED) is 0.737. The molecule has 0 heterocycles. The molecule has 0 saturated carbocycles. The Morgan fingerprint density at radius 1 is 1.05 bits per heavy atom. The van der Waals surface area contributed by atoms with Crippen molar-refractivity contribution < 1.29 is 9.13 Å². The topological polar surface area (TPSA) is 9.23 Å². The lowest BCUT2D eigenvalue weighted by atomic mass is 9.77. The van der Waals surface area contributed by atoms with Crippen molar-refractivity contribution in [2.24, 2.45) is 5.41 Å². The second-order valence-electron chi connectivity index (χ2n) is 6.57. The number of halogens is 1. The summed E-state index contributed by atoms with van der Waals surface area (Å²) in [6.07, 6.45) is 0. The third-order valence-corrected chi connectivity index (χ3v) is 3.74. The number of benzene rings is 2. The zero-order valence-electron chi connectivity index (χ0n) is 13.2. The van der Waals surface area contributed by atoms with E-state index in [2.05, 4.69) is 32.9 Å². The van der Waals surface area contributed by atoms with Crippen molar-refractivity contribution in [1.29, 1.82) is 0 Å². The highest BCUT2D eigenvalue weighted by molar-refractivity contribution is 5.30. The van der Waals surface area contributed by atoms with Gasteiger partial charge in [0.2, 0.25) is 0 Å². The highest BCUT2D eigenvalue weighted by atomic mass is 19.1. The van der Waals surface area contributed by atoms with Crippen molar-refractivity contribution in [2.75, 3.05) is 6.61 Å². The highest BCUT2D eigenvalue weighted by Gasteiger charge is 2.27. The van der Waals surface area contributed by atoms with Gasteiger partial charge in [-0.25, -0.2) is 4.39 Å². The summed E-state index contributed by atoms with van der Waals surface area (Å²) in [5, 5.41) is 0. The first-order chi connectivity index (χ1) is 9.88. The van der Waals surface area contributed by atoms with E-state index in [1.807, 2.05) is 25.1 Å². The Hall–Kier alpha value is -1.83. The average Bonchev–Trinajstić information content (AvgIpc) is 2.42. The summed E-state index contributed by atoms with van der Waals surface area (Å²) < 4.78 is 19.6. The predicted octanol–water partition coefficient (Wildman–Crippen LogP) is 5.34. The predicted molar refractivity (Wildman–Crippen MR) is 85.3 cm³/mol. The maximum Gasteiger partial charge on any atom is 0.165 e. The van der Waals surface area contributed by atoms with Gasteiger partial charge in [0.25, 0.3) is 0 Å². The van der Waals surface area contributed by atoms with Crippen LogP contribution in [0.3, 0.4) is 0 Å². The Morgan fingerprint density at radius 3 is 2.33 bits per heavy atom. The molecule has 0 N–H and O–H groups in total. The van der Waals surface area contributed by atoms with E-state index < -0.39 is 0 Å². The maximum absolute atomic E-state index is 13.8. The summed E-state index contributed by atoms with van der Waals surface area (Å²) in [6.45, 7) is 8.94. The van der Waals surface area contributed by atoms with Gasteiger partial charge in [-0.1, -0.05) is 57.2 Å². The molecule has 2 aromatic carbocycles. The molecule has 112 valence electrons. The summed E-state index contributed by atoms with van der Waals surface area (Å²) >= 11 is 0. The molecule has 0 aliphatic heterocycles. The van der Waals surface area contributed by atoms with Crippen LogP contribution in [0, 0.1) is 18.2 Å². The average molecular weight is 286 g/mol. The molecule has 0 saturated heterocycles. The number of aryl methyl sites for hydroxylation is 1. The largest absolute Gasteiger partial charge is 0.490 e. The van der Waals surface area contributed by atoms with Gasteiger partial charge in [-0.3, -0.25) is 0 Å². The van der Waals surface area contributed by atoms with Gasteiger partial charge < -0.3 is 4.74 Å². The van der Waals surface area contributed by atoms with E-state index in [1.54, 1.807) is 12.1 Å². The second kappa shape index (κ2) is 6.30. The van der Waals surface area contributed by atoms with Gasteiger partial charge >= 0.3 is 0 Å². The van der Waals surface area contributed by atoms with Gasteiger partial charge in [0, 0.05) is 5.92 Å². The molecule has 2 heteroatoms. The molecule has 0 fully saturated rings. The van der Waals surface area contributed by atoms with Gasteiger partial charge in [0.05, 0.1) is 6.61 Å². The number of hydrogen-bond donors (Lipinski definition) is 0. The molecule has 0 aliphatic carbocycles. The van der Waals surface area contributed by atoms with E-state index in [0.717, 1.165) is 5.56 Å². The lowest BCUT2D eigenvalue weighted by Gasteiger charge is -2.31. The Labute approximate surface area is 126 Å². The van der Waals surface area contributed by atoms with Crippen LogP contribution in [-0.4, -0.2) is 6.61 Å². The van der Waals surface area contributed by atoms with E-state index in [4.69, 9.17) is 4.74 Å². The van der Waals surface area contributed by atoms with Crippen molar-refractivity contribution in [3.8, 4) is 5.75 Å². The fraction of sp³-hybridized carbons (Fsp3) is 0.368.